The molecular formula is C13H17BrClN. The molecule has 1 aliphatic rings. The second-order valence-electron chi connectivity index (χ2n) is 4.68. The van der Waals surface area contributed by atoms with Gasteiger partial charge in [0, 0.05) is 6.04 Å². The SMILES string of the molecule is CC(CC1CCC1)Nc1cccc(Cl)c1Br. The summed E-state index contributed by atoms with van der Waals surface area (Å²) in [6.07, 6.45) is 5.49. The molecule has 0 aliphatic heterocycles. The molecule has 0 aromatic heterocycles. The van der Waals surface area contributed by atoms with Crippen LogP contribution in [0.4, 0.5) is 5.69 Å². The van der Waals surface area contributed by atoms with Crippen LogP contribution in [0.15, 0.2) is 22.7 Å². The van der Waals surface area contributed by atoms with Gasteiger partial charge in [0.25, 0.3) is 0 Å². The van der Waals surface area contributed by atoms with Gasteiger partial charge in [0.05, 0.1) is 15.2 Å². The number of anilines is 1. The largest absolute Gasteiger partial charge is 0.382 e. The van der Waals surface area contributed by atoms with Crippen molar-refractivity contribution in [2.24, 2.45) is 5.92 Å². The van der Waals surface area contributed by atoms with Gasteiger partial charge in [0.2, 0.25) is 0 Å². The number of nitrogens with one attached hydrogen (secondary N) is 1. The third-order valence-corrected chi connectivity index (χ3v) is 4.66. The molecule has 1 nitrogen and oxygen atoms in total. The van der Waals surface area contributed by atoms with E-state index in [2.05, 4.69) is 34.2 Å². The molecular weight excluding hydrogens is 286 g/mol. The normalized spacial score (nSPS) is 17.9. The van der Waals surface area contributed by atoms with Gasteiger partial charge in [0.15, 0.2) is 0 Å². The summed E-state index contributed by atoms with van der Waals surface area (Å²) < 4.78 is 0.970. The Hall–Kier alpha value is -0.210. The standard InChI is InChI=1S/C13H17BrClN/c1-9(8-10-4-2-5-10)16-12-7-3-6-11(15)13(12)14/h3,6-7,9-10,16H,2,4-5,8H2,1H3. The summed E-state index contributed by atoms with van der Waals surface area (Å²) >= 11 is 9.57. The zero-order valence-electron chi connectivity index (χ0n) is 9.47. The molecule has 0 spiro atoms. The molecule has 1 saturated carbocycles. The van der Waals surface area contributed by atoms with E-state index in [0.29, 0.717) is 6.04 Å². The van der Waals surface area contributed by atoms with Crippen LogP contribution in [0.3, 0.4) is 0 Å². The predicted molar refractivity (Wildman–Crippen MR) is 74.2 cm³/mol. The molecule has 0 heterocycles. The van der Waals surface area contributed by atoms with Gasteiger partial charge in [-0.1, -0.05) is 36.9 Å². The molecule has 1 aromatic rings. The molecule has 0 radical (unpaired) electrons. The van der Waals surface area contributed by atoms with Gasteiger partial charge in [-0.15, -0.1) is 0 Å². The minimum Gasteiger partial charge on any atom is -0.382 e. The first-order valence-corrected chi connectivity index (χ1v) is 7.04. The summed E-state index contributed by atoms with van der Waals surface area (Å²) in [5.41, 5.74) is 1.10. The summed E-state index contributed by atoms with van der Waals surface area (Å²) in [5.74, 6) is 0.931. The Bertz CT molecular complexity index is 363. The first-order chi connectivity index (χ1) is 7.66. The molecule has 16 heavy (non-hydrogen) atoms. The average Bonchev–Trinajstić information content (AvgIpc) is 2.19. The molecule has 0 amide bonds. The van der Waals surface area contributed by atoms with Crippen LogP contribution in [0.1, 0.15) is 32.6 Å². The van der Waals surface area contributed by atoms with E-state index in [0.717, 1.165) is 21.1 Å². The fraction of sp³-hybridized carbons (Fsp3) is 0.538. The monoisotopic (exact) mass is 301 g/mol. The van der Waals surface area contributed by atoms with Crippen molar-refractivity contribution in [1.29, 1.82) is 0 Å². The second-order valence-corrected chi connectivity index (χ2v) is 5.88. The summed E-state index contributed by atoms with van der Waals surface area (Å²) in [6.45, 7) is 2.24. The molecule has 1 aromatic carbocycles. The Balaban J connectivity index is 1.94. The first-order valence-electron chi connectivity index (χ1n) is 5.87. The average molecular weight is 303 g/mol. The maximum Gasteiger partial charge on any atom is 0.0593 e. The minimum absolute atomic E-state index is 0.514. The molecule has 88 valence electrons. The van der Waals surface area contributed by atoms with Crippen molar-refractivity contribution >= 4 is 33.2 Å². The van der Waals surface area contributed by atoms with Gasteiger partial charge in [-0.2, -0.15) is 0 Å². The highest BCUT2D eigenvalue weighted by molar-refractivity contribution is 9.10. The van der Waals surface area contributed by atoms with Gasteiger partial charge in [-0.25, -0.2) is 0 Å². The van der Waals surface area contributed by atoms with Gasteiger partial charge >= 0.3 is 0 Å². The van der Waals surface area contributed by atoms with Crippen LogP contribution in [0, 0.1) is 5.92 Å². The summed E-state index contributed by atoms with van der Waals surface area (Å²) in [7, 11) is 0. The smallest absolute Gasteiger partial charge is 0.0593 e. The lowest BCUT2D eigenvalue weighted by molar-refractivity contribution is 0.286. The Kier molecular flexibility index (Phi) is 4.15. The van der Waals surface area contributed by atoms with Crippen molar-refractivity contribution in [3.8, 4) is 0 Å². The van der Waals surface area contributed by atoms with Crippen molar-refractivity contribution in [3.05, 3.63) is 27.7 Å². The van der Waals surface area contributed by atoms with Crippen LogP contribution >= 0.6 is 27.5 Å². The van der Waals surface area contributed by atoms with E-state index < -0.39 is 0 Å². The quantitative estimate of drug-likeness (QED) is 0.816. The van der Waals surface area contributed by atoms with Crippen molar-refractivity contribution in [1.82, 2.24) is 0 Å². The number of benzene rings is 1. The molecule has 1 N–H and O–H groups in total. The zero-order valence-corrected chi connectivity index (χ0v) is 11.8. The maximum absolute atomic E-state index is 6.05. The highest BCUT2D eigenvalue weighted by atomic mass is 79.9. The number of hydrogen-bond donors (Lipinski definition) is 1. The lowest BCUT2D eigenvalue weighted by atomic mass is 9.81. The van der Waals surface area contributed by atoms with Gasteiger partial charge < -0.3 is 5.32 Å². The molecule has 1 aliphatic carbocycles. The number of hydrogen-bond acceptors (Lipinski definition) is 1. The highest BCUT2D eigenvalue weighted by Crippen LogP contribution is 2.33. The highest BCUT2D eigenvalue weighted by Gasteiger charge is 2.20. The van der Waals surface area contributed by atoms with Crippen molar-refractivity contribution < 1.29 is 0 Å². The van der Waals surface area contributed by atoms with E-state index in [1.165, 1.54) is 25.7 Å². The summed E-state index contributed by atoms with van der Waals surface area (Å²) in [4.78, 5) is 0. The first kappa shape index (κ1) is 12.3. The van der Waals surface area contributed by atoms with Crippen LogP contribution in [0.5, 0.6) is 0 Å². The second kappa shape index (κ2) is 5.42. The maximum atomic E-state index is 6.05. The van der Waals surface area contributed by atoms with E-state index in [9.17, 15) is 0 Å². The Morgan fingerprint density at radius 1 is 1.50 bits per heavy atom. The van der Waals surface area contributed by atoms with Crippen molar-refractivity contribution in [2.75, 3.05) is 5.32 Å². The lowest BCUT2D eigenvalue weighted by Gasteiger charge is -2.29. The van der Waals surface area contributed by atoms with E-state index in [4.69, 9.17) is 11.6 Å². The van der Waals surface area contributed by atoms with Crippen molar-refractivity contribution in [2.45, 2.75) is 38.6 Å². The molecule has 0 bridgehead atoms. The predicted octanol–water partition coefficient (Wildman–Crippen LogP) is 5.09. The van der Waals surface area contributed by atoms with Crippen LogP contribution in [-0.2, 0) is 0 Å². The van der Waals surface area contributed by atoms with Crippen LogP contribution in [-0.4, -0.2) is 6.04 Å². The number of rotatable bonds is 4. The molecule has 1 atom stereocenters. The molecule has 3 heteroatoms. The van der Waals surface area contributed by atoms with Crippen LogP contribution in [0.2, 0.25) is 5.02 Å². The zero-order chi connectivity index (χ0) is 11.5. The third-order valence-electron chi connectivity index (χ3n) is 3.27. The van der Waals surface area contributed by atoms with Gasteiger partial charge in [-0.05, 0) is 47.3 Å². The van der Waals surface area contributed by atoms with E-state index >= 15 is 0 Å². The van der Waals surface area contributed by atoms with E-state index in [-0.39, 0.29) is 0 Å². The lowest BCUT2D eigenvalue weighted by Crippen LogP contribution is -2.23. The van der Waals surface area contributed by atoms with Crippen LogP contribution < -0.4 is 5.32 Å². The Labute approximate surface area is 111 Å². The van der Waals surface area contributed by atoms with Gasteiger partial charge in [0.1, 0.15) is 0 Å². The fourth-order valence-corrected chi connectivity index (χ4v) is 2.72. The van der Waals surface area contributed by atoms with Crippen LogP contribution in [0.25, 0.3) is 0 Å². The molecule has 0 saturated heterocycles. The summed E-state index contributed by atoms with van der Waals surface area (Å²) in [5, 5.41) is 4.28. The molecule has 2 rings (SSSR count). The van der Waals surface area contributed by atoms with E-state index in [1.807, 2.05) is 12.1 Å². The Morgan fingerprint density at radius 2 is 2.25 bits per heavy atom. The fourth-order valence-electron chi connectivity index (χ4n) is 2.17. The third kappa shape index (κ3) is 2.92. The number of halogens is 2. The Morgan fingerprint density at radius 3 is 2.88 bits per heavy atom. The van der Waals surface area contributed by atoms with Gasteiger partial charge in [-0.3, -0.25) is 0 Å². The van der Waals surface area contributed by atoms with E-state index in [1.54, 1.807) is 0 Å². The summed E-state index contributed by atoms with van der Waals surface area (Å²) in [6, 6.07) is 6.45. The molecule has 1 unspecified atom stereocenters. The van der Waals surface area contributed by atoms with Crippen molar-refractivity contribution in [3.63, 3.8) is 0 Å². The molecule has 1 fully saturated rings. The minimum atomic E-state index is 0.514. The topological polar surface area (TPSA) is 12.0 Å².